The van der Waals surface area contributed by atoms with Gasteiger partial charge in [-0.25, -0.2) is 0 Å². The van der Waals surface area contributed by atoms with Crippen molar-refractivity contribution in [3.8, 4) is 0 Å². The molecule has 6 heavy (non-hydrogen) atoms. The summed E-state index contributed by atoms with van der Waals surface area (Å²) in [6.07, 6.45) is 2.81. The van der Waals surface area contributed by atoms with Gasteiger partial charge in [-0.05, 0) is 6.92 Å². The molecule has 0 unspecified atom stereocenters. The summed E-state index contributed by atoms with van der Waals surface area (Å²) in [5.41, 5.74) is 0. The summed E-state index contributed by atoms with van der Waals surface area (Å²) in [6, 6.07) is 0. The average molecular weight is 85.1 g/mol. The highest BCUT2D eigenvalue weighted by molar-refractivity contribution is 5.52. The molecule has 0 heterocycles. The van der Waals surface area contributed by atoms with Gasteiger partial charge in [0.2, 0.25) is 0 Å². The Hall–Kier alpha value is -0.790. The number of hydrogen-bond acceptors (Lipinski definition) is 2. The third-order valence-corrected chi connectivity index (χ3v) is 0.241. The highest BCUT2D eigenvalue weighted by Gasteiger charge is 1.53. The molecule has 0 fully saturated rings. The molecule has 0 bridgehead atoms. The van der Waals surface area contributed by atoms with Crippen LogP contribution in [0.4, 0.5) is 0 Å². The quantitative estimate of drug-likeness (QED) is 0.280. The van der Waals surface area contributed by atoms with Crippen LogP contribution in [0.15, 0.2) is 18.0 Å². The van der Waals surface area contributed by atoms with E-state index in [1.54, 1.807) is 13.1 Å². The molecule has 0 aliphatic rings. The van der Waals surface area contributed by atoms with Crippen molar-refractivity contribution < 1.29 is 4.84 Å². The first-order valence-electron chi connectivity index (χ1n) is 1.66. The van der Waals surface area contributed by atoms with Gasteiger partial charge in [0.05, 0.1) is 0 Å². The molecule has 34 valence electrons. The van der Waals surface area contributed by atoms with Crippen LogP contribution in [0.5, 0.6) is 0 Å². The van der Waals surface area contributed by atoms with E-state index >= 15 is 0 Å². The molecule has 0 atom stereocenters. The standard InChI is InChI=1S/C4H7NO/c1-3-5-6-4-2/h3-4H,2H2,1H3/b5-3+. The molecule has 0 spiro atoms. The van der Waals surface area contributed by atoms with E-state index in [2.05, 4.69) is 16.6 Å². The highest BCUT2D eigenvalue weighted by Crippen LogP contribution is 1.68. The predicted octanol–water partition coefficient (Wildman–Crippen LogP) is 1.15. The van der Waals surface area contributed by atoms with E-state index in [1.165, 1.54) is 6.26 Å². The molecule has 0 saturated heterocycles. The number of hydrogen-bond donors (Lipinski definition) is 0. The predicted molar refractivity (Wildman–Crippen MR) is 25.4 cm³/mol. The SMILES string of the molecule is C=CO/N=C/C. The zero-order valence-corrected chi connectivity index (χ0v) is 3.72. The molecule has 0 amide bonds. The summed E-state index contributed by atoms with van der Waals surface area (Å²) >= 11 is 0. The van der Waals surface area contributed by atoms with E-state index in [4.69, 9.17) is 0 Å². The van der Waals surface area contributed by atoms with Crippen LogP contribution in [0, 0.1) is 0 Å². The van der Waals surface area contributed by atoms with Gasteiger partial charge in [0.25, 0.3) is 0 Å². The van der Waals surface area contributed by atoms with E-state index in [-0.39, 0.29) is 0 Å². The maximum atomic E-state index is 4.32. The molecule has 0 radical (unpaired) electrons. The van der Waals surface area contributed by atoms with Crippen molar-refractivity contribution >= 4 is 6.21 Å². The zero-order valence-electron chi connectivity index (χ0n) is 3.72. The lowest BCUT2D eigenvalue weighted by Crippen LogP contribution is -1.61. The minimum atomic E-state index is 1.26. The summed E-state index contributed by atoms with van der Waals surface area (Å²) < 4.78 is 0. The second-order valence-corrected chi connectivity index (χ2v) is 0.636. The molecule has 0 aromatic carbocycles. The van der Waals surface area contributed by atoms with Crippen molar-refractivity contribution in [3.63, 3.8) is 0 Å². The van der Waals surface area contributed by atoms with E-state index < -0.39 is 0 Å². The molecule has 2 nitrogen and oxygen atoms in total. The maximum absolute atomic E-state index is 4.32. The lowest BCUT2D eigenvalue weighted by atomic mass is 10.9. The van der Waals surface area contributed by atoms with Crippen LogP contribution in [-0.2, 0) is 4.84 Å². The molecule has 0 aromatic heterocycles. The molecule has 2 heteroatoms. The minimum absolute atomic E-state index is 1.26. The van der Waals surface area contributed by atoms with Gasteiger partial charge in [0, 0.05) is 6.21 Å². The van der Waals surface area contributed by atoms with Crippen LogP contribution in [-0.4, -0.2) is 6.21 Å². The minimum Gasteiger partial charge on any atom is -0.366 e. The normalized spacial score (nSPS) is 8.83. The van der Waals surface area contributed by atoms with Crippen molar-refractivity contribution in [3.05, 3.63) is 12.8 Å². The van der Waals surface area contributed by atoms with Gasteiger partial charge < -0.3 is 4.84 Å². The summed E-state index contributed by atoms with van der Waals surface area (Å²) in [7, 11) is 0. The van der Waals surface area contributed by atoms with Gasteiger partial charge in [-0.1, -0.05) is 11.7 Å². The van der Waals surface area contributed by atoms with Crippen molar-refractivity contribution in [2.45, 2.75) is 6.92 Å². The first kappa shape index (κ1) is 5.21. The van der Waals surface area contributed by atoms with Gasteiger partial charge in [0.1, 0.15) is 6.26 Å². The van der Waals surface area contributed by atoms with E-state index in [0.29, 0.717) is 0 Å². The van der Waals surface area contributed by atoms with Crippen LogP contribution >= 0.6 is 0 Å². The third-order valence-electron chi connectivity index (χ3n) is 0.241. The fraction of sp³-hybridized carbons (Fsp3) is 0.250. The Balaban J connectivity index is 2.85. The molecule has 0 aliphatic carbocycles. The number of rotatable bonds is 2. The monoisotopic (exact) mass is 85.1 g/mol. The van der Waals surface area contributed by atoms with Crippen LogP contribution in [0.2, 0.25) is 0 Å². The largest absolute Gasteiger partial charge is 0.366 e. The second-order valence-electron chi connectivity index (χ2n) is 0.636. The fourth-order valence-electron chi connectivity index (χ4n) is 0.104. The van der Waals surface area contributed by atoms with Gasteiger partial charge in [0.15, 0.2) is 0 Å². The molecule has 0 N–H and O–H groups in total. The Morgan fingerprint density at radius 2 is 2.50 bits per heavy atom. The summed E-state index contributed by atoms with van der Waals surface area (Å²) in [5.74, 6) is 0. The van der Waals surface area contributed by atoms with E-state index in [0.717, 1.165) is 0 Å². The van der Waals surface area contributed by atoms with Crippen LogP contribution in [0.1, 0.15) is 6.92 Å². The van der Waals surface area contributed by atoms with Gasteiger partial charge >= 0.3 is 0 Å². The first-order chi connectivity index (χ1) is 2.91. The molecule has 0 rings (SSSR count). The molecule has 0 aromatic rings. The van der Waals surface area contributed by atoms with Crippen molar-refractivity contribution in [1.29, 1.82) is 0 Å². The Bertz CT molecular complexity index is 58.6. The Kier molecular flexibility index (Phi) is 3.66. The van der Waals surface area contributed by atoms with Crippen molar-refractivity contribution in [1.82, 2.24) is 0 Å². The second kappa shape index (κ2) is 4.21. The number of nitrogens with zero attached hydrogens (tertiary/aromatic N) is 1. The molecular weight excluding hydrogens is 78.0 g/mol. The first-order valence-corrected chi connectivity index (χ1v) is 1.66. The Morgan fingerprint density at radius 3 is 2.67 bits per heavy atom. The number of oxime groups is 1. The summed E-state index contributed by atoms with van der Waals surface area (Å²) in [6.45, 7) is 5.03. The fourth-order valence-corrected chi connectivity index (χ4v) is 0.104. The van der Waals surface area contributed by atoms with Gasteiger partial charge in [-0.3, -0.25) is 0 Å². The smallest absolute Gasteiger partial charge is 0.114 e. The summed E-state index contributed by atoms with van der Waals surface area (Å²) in [4.78, 5) is 4.32. The molecule has 0 saturated carbocycles. The molecular formula is C4H7NO. The zero-order chi connectivity index (χ0) is 4.83. The average Bonchev–Trinajstić information content (AvgIpc) is 1.61. The van der Waals surface area contributed by atoms with E-state index in [9.17, 15) is 0 Å². The van der Waals surface area contributed by atoms with Gasteiger partial charge in [-0.15, -0.1) is 0 Å². The summed E-state index contributed by atoms with van der Waals surface area (Å²) in [5, 5.41) is 3.35. The van der Waals surface area contributed by atoms with Crippen molar-refractivity contribution in [2.24, 2.45) is 5.16 Å². The molecule has 0 aliphatic heterocycles. The Morgan fingerprint density at radius 1 is 1.83 bits per heavy atom. The van der Waals surface area contributed by atoms with Crippen molar-refractivity contribution in [2.75, 3.05) is 0 Å². The third kappa shape index (κ3) is 3.21. The lowest BCUT2D eigenvalue weighted by molar-refractivity contribution is 0.271. The maximum Gasteiger partial charge on any atom is 0.114 e. The van der Waals surface area contributed by atoms with Crippen LogP contribution in [0.25, 0.3) is 0 Å². The van der Waals surface area contributed by atoms with E-state index in [1.807, 2.05) is 0 Å². The van der Waals surface area contributed by atoms with Crippen LogP contribution in [0.3, 0.4) is 0 Å². The lowest BCUT2D eigenvalue weighted by Gasteiger charge is -1.77. The highest BCUT2D eigenvalue weighted by atomic mass is 16.6. The topological polar surface area (TPSA) is 21.6 Å². The van der Waals surface area contributed by atoms with Crippen LogP contribution < -0.4 is 0 Å². The van der Waals surface area contributed by atoms with Gasteiger partial charge in [-0.2, -0.15) is 0 Å². The Labute approximate surface area is 37.1 Å².